The van der Waals surface area contributed by atoms with Gasteiger partial charge in [-0.3, -0.25) is 4.79 Å². The maximum Gasteiger partial charge on any atom is 0.224 e. The molecule has 1 unspecified atom stereocenters. The van der Waals surface area contributed by atoms with Crippen LogP contribution in [0.5, 0.6) is 0 Å². The normalized spacial score (nSPS) is 16.6. The molecule has 1 aromatic rings. The van der Waals surface area contributed by atoms with Gasteiger partial charge in [0.15, 0.2) is 0 Å². The Balaban J connectivity index is 2.06. The van der Waals surface area contributed by atoms with Gasteiger partial charge in [0.2, 0.25) is 5.91 Å². The molecule has 0 fully saturated rings. The molecular formula is C14H15ClFNO2. The van der Waals surface area contributed by atoms with Gasteiger partial charge in [-0.2, -0.15) is 0 Å². The van der Waals surface area contributed by atoms with Gasteiger partial charge < -0.3 is 10.4 Å². The first-order chi connectivity index (χ1) is 9.11. The second kappa shape index (κ2) is 6.17. The number of carbonyl (C=O) groups is 1. The molecule has 1 aliphatic rings. The Morgan fingerprint density at radius 1 is 1.47 bits per heavy atom. The summed E-state index contributed by atoms with van der Waals surface area (Å²) in [6.07, 6.45) is 5.33. The lowest BCUT2D eigenvalue weighted by molar-refractivity contribution is -0.125. The van der Waals surface area contributed by atoms with Crippen LogP contribution in [0.25, 0.3) is 0 Å². The minimum Gasteiger partial charge on any atom is -0.394 e. The van der Waals surface area contributed by atoms with Crippen molar-refractivity contribution in [1.29, 1.82) is 0 Å². The van der Waals surface area contributed by atoms with Crippen molar-refractivity contribution in [3.05, 3.63) is 46.8 Å². The summed E-state index contributed by atoms with van der Waals surface area (Å²) in [5, 5.41) is 12.1. The first-order valence-electron chi connectivity index (χ1n) is 6.13. The lowest BCUT2D eigenvalue weighted by atomic mass is 10.0. The molecule has 1 aromatic carbocycles. The van der Waals surface area contributed by atoms with Crippen LogP contribution in [0.4, 0.5) is 4.39 Å². The lowest BCUT2D eigenvalue weighted by Crippen LogP contribution is -2.34. The van der Waals surface area contributed by atoms with Crippen LogP contribution in [0.2, 0.25) is 5.02 Å². The third-order valence-corrected chi connectivity index (χ3v) is 3.53. The fourth-order valence-electron chi connectivity index (χ4n) is 2.08. The molecule has 0 saturated carbocycles. The van der Waals surface area contributed by atoms with E-state index in [4.69, 9.17) is 11.6 Å². The SMILES string of the molecule is O=C(NC(CO)c1ccc(Cl)c(F)c1)C1CC=CC1. The maximum absolute atomic E-state index is 13.4. The van der Waals surface area contributed by atoms with Gasteiger partial charge in [0.05, 0.1) is 17.7 Å². The van der Waals surface area contributed by atoms with E-state index >= 15 is 0 Å². The molecule has 5 heteroatoms. The monoisotopic (exact) mass is 283 g/mol. The second-order valence-electron chi connectivity index (χ2n) is 4.56. The summed E-state index contributed by atoms with van der Waals surface area (Å²) in [7, 11) is 0. The van der Waals surface area contributed by atoms with Crippen molar-refractivity contribution in [1.82, 2.24) is 5.32 Å². The number of hydrogen-bond acceptors (Lipinski definition) is 2. The molecule has 2 N–H and O–H groups in total. The molecule has 2 rings (SSSR count). The zero-order valence-corrected chi connectivity index (χ0v) is 11.0. The number of amides is 1. The largest absolute Gasteiger partial charge is 0.394 e. The van der Waals surface area contributed by atoms with E-state index in [1.54, 1.807) is 6.07 Å². The van der Waals surface area contributed by atoms with Gasteiger partial charge in [-0.1, -0.05) is 29.8 Å². The van der Waals surface area contributed by atoms with E-state index in [9.17, 15) is 14.3 Å². The summed E-state index contributed by atoms with van der Waals surface area (Å²) in [5.74, 6) is -0.778. The Hall–Kier alpha value is -1.39. The van der Waals surface area contributed by atoms with E-state index in [-0.39, 0.29) is 23.5 Å². The van der Waals surface area contributed by atoms with Crippen molar-refractivity contribution in [3.63, 3.8) is 0 Å². The average Bonchev–Trinajstić information content (AvgIpc) is 2.93. The van der Waals surface area contributed by atoms with Gasteiger partial charge in [0.25, 0.3) is 0 Å². The summed E-state index contributed by atoms with van der Waals surface area (Å²) >= 11 is 5.60. The molecule has 0 radical (unpaired) electrons. The van der Waals surface area contributed by atoms with Crippen LogP contribution in [0, 0.1) is 11.7 Å². The third kappa shape index (κ3) is 3.33. The van der Waals surface area contributed by atoms with E-state index in [0.29, 0.717) is 18.4 Å². The van der Waals surface area contributed by atoms with Crippen molar-refractivity contribution in [2.75, 3.05) is 6.61 Å². The van der Waals surface area contributed by atoms with E-state index in [2.05, 4.69) is 5.32 Å². The van der Waals surface area contributed by atoms with Crippen molar-refractivity contribution in [3.8, 4) is 0 Å². The second-order valence-corrected chi connectivity index (χ2v) is 4.96. The molecule has 0 aromatic heterocycles. The molecular weight excluding hydrogens is 269 g/mol. The first-order valence-corrected chi connectivity index (χ1v) is 6.50. The Morgan fingerprint density at radius 2 is 2.16 bits per heavy atom. The van der Waals surface area contributed by atoms with Crippen LogP contribution in [0.3, 0.4) is 0 Å². The highest BCUT2D eigenvalue weighted by atomic mass is 35.5. The maximum atomic E-state index is 13.4. The summed E-state index contributed by atoms with van der Waals surface area (Å²) < 4.78 is 13.4. The van der Waals surface area contributed by atoms with Crippen LogP contribution in [0.15, 0.2) is 30.4 Å². The smallest absolute Gasteiger partial charge is 0.224 e. The average molecular weight is 284 g/mol. The molecule has 102 valence electrons. The van der Waals surface area contributed by atoms with E-state index in [1.807, 2.05) is 12.2 Å². The van der Waals surface area contributed by atoms with Gasteiger partial charge >= 0.3 is 0 Å². The summed E-state index contributed by atoms with van der Waals surface area (Å²) in [6, 6.07) is 3.63. The number of hydrogen-bond donors (Lipinski definition) is 2. The fraction of sp³-hybridized carbons (Fsp3) is 0.357. The molecule has 1 amide bonds. The number of carbonyl (C=O) groups excluding carboxylic acids is 1. The van der Waals surface area contributed by atoms with Crippen molar-refractivity contribution in [2.24, 2.45) is 5.92 Å². The van der Waals surface area contributed by atoms with Gasteiger partial charge in [-0.15, -0.1) is 0 Å². The van der Waals surface area contributed by atoms with Crippen LogP contribution >= 0.6 is 11.6 Å². The van der Waals surface area contributed by atoms with Crippen LogP contribution < -0.4 is 5.32 Å². The Kier molecular flexibility index (Phi) is 4.56. The Bertz CT molecular complexity index is 496. The number of aliphatic hydroxyl groups excluding tert-OH is 1. The molecule has 1 atom stereocenters. The van der Waals surface area contributed by atoms with Gasteiger partial charge in [0, 0.05) is 5.92 Å². The molecule has 19 heavy (non-hydrogen) atoms. The van der Waals surface area contributed by atoms with Crippen molar-refractivity contribution in [2.45, 2.75) is 18.9 Å². The molecule has 0 aliphatic heterocycles. The van der Waals surface area contributed by atoms with E-state index in [1.165, 1.54) is 12.1 Å². The zero-order valence-electron chi connectivity index (χ0n) is 10.3. The highest BCUT2D eigenvalue weighted by Gasteiger charge is 2.22. The predicted molar refractivity (Wildman–Crippen MR) is 71.2 cm³/mol. The van der Waals surface area contributed by atoms with Crippen LogP contribution in [-0.2, 0) is 4.79 Å². The molecule has 0 heterocycles. The van der Waals surface area contributed by atoms with Crippen LogP contribution in [0.1, 0.15) is 24.4 Å². The third-order valence-electron chi connectivity index (χ3n) is 3.22. The van der Waals surface area contributed by atoms with E-state index < -0.39 is 11.9 Å². The Labute approximate surface area is 116 Å². The standard InChI is InChI=1S/C14H15ClFNO2/c15-11-6-5-10(7-12(11)16)13(8-18)17-14(19)9-3-1-2-4-9/h1-2,5-7,9,13,18H,3-4,8H2,(H,17,19). The predicted octanol–water partition coefficient (Wildman–Crippen LogP) is 2.59. The quantitative estimate of drug-likeness (QED) is 0.835. The summed E-state index contributed by atoms with van der Waals surface area (Å²) in [4.78, 5) is 12.0. The van der Waals surface area contributed by atoms with Crippen molar-refractivity contribution >= 4 is 17.5 Å². The number of nitrogens with one attached hydrogen (secondary N) is 1. The number of halogens is 2. The zero-order chi connectivity index (χ0) is 13.8. The molecule has 0 saturated heterocycles. The molecule has 3 nitrogen and oxygen atoms in total. The summed E-state index contributed by atoms with van der Waals surface area (Å²) in [5.41, 5.74) is 0.503. The molecule has 0 bridgehead atoms. The highest BCUT2D eigenvalue weighted by molar-refractivity contribution is 6.30. The number of allylic oxidation sites excluding steroid dienone is 2. The molecule has 0 spiro atoms. The van der Waals surface area contributed by atoms with E-state index in [0.717, 1.165) is 0 Å². The number of benzene rings is 1. The van der Waals surface area contributed by atoms with Crippen LogP contribution in [-0.4, -0.2) is 17.6 Å². The highest BCUT2D eigenvalue weighted by Crippen LogP contribution is 2.22. The Morgan fingerprint density at radius 3 is 2.74 bits per heavy atom. The number of rotatable bonds is 4. The first kappa shape index (κ1) is 14.0. The topological polar surface area (TPSA) is 49.3 Å². The lowest BCUT2D eigenvalue weighted by Gasteiger charge is -2.19. The number of aliphatic hydroxyl groups is 1. The van der Waals surface area contributed by atoms with Crippen molar-refractivity contribution < 1.29 is 14.3 Å². The minimum absolute atomic E-state index is 0.0201. The molecule has 1 aliphatic carbocycles. The minimum atomic E-state index is -0.611. The van der Waals surface area contributed by atoms with Gasteiger partial charge in [-0.05, 0) is 30.5 Å². The summed E-state index contributed by atoms with van der Waals surface area (Å²) in [6.45, 7) is -0.285. The van der Waals surface area contributed by atoms with Gasteiger partial charge in [0.1, 0.15) is 5.82 Å². The van der Waals surface area contributed by atoms with Gasteiger partial charge in [-0.25, -0.2) is 4.39 Å². The fourth-order valence-corrected chi connectivity index (χ4v) is 2.20.